The highest BCUT2D eigenvalue weighted by Crippen LogP contribution is 2.36. The van der Waals surface area contributed by atoms with Gasteiger partial charge in [0.1, 0.15) is 0 Å². The third kappa shape index (κ3) is 6.28. The summed E-state index contributed by atoms with van der Waals surface area (Å²) < 4.78 is 0. The molecule has 1 saturated heterocycles. The Balaban J connectivity index is 1.20. The minimum atomic E-state index is -0.819. The Labute approximate surface area is 221 Å². The smallest absolute Gasteiger partial charge is 0.303 e. The van der Waals surface area contributed by atoms with Crippen LogP contribution in [0.3, 0.4) is 0 Å². The van der Waals surface area contributed by atoms with Gasteiger partial charge in [-0.05, 0) is 60.1 Å². The molecule has 0 aliphatic carbocycles. The van der Waals surface area contributed by atoms with Crippen molar-refractivity contribution in [1.29, 1.82) is 0 Å². The van der Waals surface area contributed by atoms with Crippen LogP contribution in [0.25, 0.3) is 10.9 Å². The molecule has 38 heavy (non-hydrogen) atoms. The molecule has 2 aromatic carbocycles. The van der Waals surface area contributed by atoms with Gasteiger partial charge in [-0.1, -0.05) is 30.3 Å². The lowest BCUT2D eigenvalue weighted by atomic mass is 9.78. The Hall–Kier alpha value is -3.98. The number of β-amino-alcohol motifs (C(OH)–C–C–N with tert-alkyl or cyclic N) is 1. The second-order valence-corrected chi connectivity index (χ2v) is 10.1. The molecule has 5 rings (SSSR count). The lowest BCUT2D eigenvalue weighted by Crippen LogP contribution is -2.42. The zero-order valence-electron chi connectivity index (χ0n) is 21.2. The lowest BCUT2D eigenvalue weighted by Gasteiger charge is -2.36. The highest BCUT2D eigenvalue weighted by molar-refractivity contribution is 5.94. The molecule has 0 saturated carbocycles. The molecule has 1 aromatic heterocycles. The maximum absolute atomic E-state index is 13.1. The van der Waals surface area contributed by atoms with Gasteiger partial charge in [-0.3, -0.25) is 19.6 Å². The maximum atomic E-state index is 13.1. The summed E-state index contributed by atoms with van der Waals surface area (Å²) in [6.07, 6.45) is 3.21. The molecule has 2 unspecified atom stereocenters. The largest absolute Gasteiger partial charge is 0.481 e. The molecule has 0 spiro atoms. The number of hydrogen-bond acceptors (Lipinski definition) is 7. The first-order valence-electron chi connectivity index (χ1n) is 13.1. The number of carboxylic acids is 1. The van der Waals surface area contributed by atoms with Gasteiger partial charge in [0.05, 0.1) is 31.0 Å². The van der Waals surface area contributed by atoms with E-state index in [9.17, 15) is 19.8 Å². The number of aliphatic hydroxyl groups is 1. The molecule has 198 valence electrons. The van der Waals surface area contributed by atoms with Crippen molar-refractivity contribution in [2.45, 2.75) is 37.7 Å². The second kappa shape index (κ2) is 11.6. The molecule has 4 N–H and O–H groups in total. The number of carbonyl (C=O) groups excluding carboxylic acids is 1. The van der Waals surface area contributed by atoms with Gasteiger partial charge in [0.25, 0.3) is 0 Å². The Bertz CT molecular complexity index is 1340. The minimum absolute atomic E-state index is 0.0531. The van der Waals surface area contributed by atoms with Crippen LogP contribution in [0.2, 0.25) is 0 Å². The zero-order valence-corrected chi connectivity index (χ0v) is 21.2. The van der Waals surface area contributed by atoms with Crippen molar-refractivity contribution in [3.05, 3.63) is 71.9 Å². The molecule has 3 aromatic rings. The normalized spacial score (nSPS) is 18.9. The molecule has 0 radical (unpaired) electrons. The third-order valence-electron chi connectivity index (χ3n) is 7.41. The first-order valence-corrected chi connectivity index (χ1v) is 13.1. The first-order chi connectivity index (χ1) is 18.4. The van der Waals surface area contributed by atoms with E-state index in [0.29, 0.717) is 38.6 Å². The number of carboxylic acid groups (broad SMARTS) is 1. The number of rotatable bonds is 7. The summed E-state index contributed by atoms with van der Waals surface area (Å²) in [5.41, 5.74) is 3.58. The molecule has 0 bridgehead atoms. The quantitative estimate of drug-likeness (QED) is 0.381. The summed E-state index contributed by atoms with van der Waals surface area (Å²) in [4.78, 5) is 35.6. The van der Waals surface area contributed by atoms with E-state index in [2.05, 4.69) is 26.7 Å². The van der Waals surface area contributed by atoms with Crippen molar-refractivity contribution in [3.8, 4) is 0 Å². The Morgan fingerprint density at radius 3 is 2.68 bits per heavy atom. The predicted octanol–water partition coefficient (Wildman–Crippen LogP) is 3.01. The van der Waals surface area contributed by atoms with Crippen LogP contribution in [0.15, 0.2) is 65.8 Å². The average molecular weight is 516 g/mol. The number of carbonyl (C=O) groups is 2. The highest BCUT2D eigenvalue weighted by atomic mass is 16.4. The Morgan fingerprint density at radius 2 is 1.92 bits per heavy atom. The van der Waals surface area contributed by atoms with Crippen molar-refractivity contribution < 1.29 is 19.8 Å². The number of hydrogen-bond donors (Lipinski definition) is 4. The number of pyridine rings is 1. The highest BCUT2D eigenvalue weighted by Gasteiger charge is 2.31. The standard InChI is InChI=1S/C29H33N5O4/c35-24-17-31-29(32-18-24)33-23-6-3-4-19(12-23)13-27(36)34-10-8-20(9-11-34)25(15-28(37)38)22-14-21-5-1-2-7-26(21)30-16-22/h1-7,12,14,16,20,24-25,35H,8-11,13,15,17-18H2,(H,37,38)(H2,31,32,33). The number of piperidine rings is 1. The number of aliphatic imine (C=N–C) groups is 1. The topological polar surface area (TPSA) is 127 Å². The summed E-state index contributed by atoms with van der Waals surface area (Å²) in [5.74, 6) is -0.104. The van der Waals surface area contributed by atoms with E-state index < -0.39 is 12.1 Å². The van der Waals surface area contributed by atoms with E-state index >= 15 is 0 Å². The van der Waals surface area contributed by atoms with Gasteiger partial charge in [-0.2, -0.15) is 0 Å². The summed E-state index contributed by atoms with van der Waals surface area (Å²) in [6.45, 7) is 2.03. The fraction of sp³-hybridized carbons (Fsp3) is 0.379. The number of nitrogens with one attached hydrogen (secondary N) is 2. The molecule has 2 aliphatic rings. The second-order valence-electron chi connectivity index (χ2n) is 10.1. The molecule has 1 fully saturated rings. The third-order valence-corrected chi connectivity index (χ3v) is 7.41. The van der Waals surface area contributed by atoms with Crippen molar-refractivity contribution in [3.63, 3.8) is 0 Å². The van der Waals surface area contributed by atoms with Crippen molar-refractivity contribution in [2.75, 3.05) is 31.5 Å². The average Bonchev–Trinajstić information content (AvgIpc) is 2.93. The molecule has 9 nitrogen and oxygen atoms in total. The maximum Gasteiger partial charge on any atom is 0.303 e. The molecule has 3 heterocycles. The van der Waals surface area contributed by atoms with Gasteiger partial charge in [-0.25, -0.2) is 0 Å². The SMILES string of the molecule is O=C(O)CC(c1cnc2ccccc2c1)C1CCN(C(=O)Cc2cccc(NC3=NCC(O)CN3)c2)CC1. The van der Waals surface area contributed by atoms with Gasteiger partial charge in [0, 0.05) is 36.9 Å². The predicted molar refractivity (Wildman–Crippen MR) is 146 cm³/mol. The number of aliphatic carboxylic acids is 1. The zero-order chi connectivity index (χ0) is 26.5. The van der Waals surface area contributed by atoms with Gasteiger partial charge in [0.2, 0.25) is 5.91 Å². The van der Waals surface area contributed by atoms with Crippen LogP contribution in [0.5, 0.6) is 0 Å². The summed E-state index contributed by atoms with van der Waals surface area (Å²) in [5, 5.41) is 26.5. The summed E-state index contributed by atoms with van der Waals surface area (Å²) in [6, 6.07) is 17.6. The van der Waals surface area contributed by atoms with E-state index in [1.807, 2.05) is 59.6 Å². The van der Waals surface area contributed by atoms with Crippen LogP contribution in [0, 0.1) is 5.92 Å². The number of para-hydroxylation sites is 1. The lowest BCUT2D eigenvalue weighted by molar-refractivity contribution is -0.138. The van der Waals surface area contributed by atoms with Gasteiger partial charge in [-0.15, -0.1) is 0 Å². The number of fused-ring (bicyclic) bond motifs is 1. The first kappa shape index (κ1) is 25.7. The monoisotopic (exact) mass is 515 g/mol. The van der Waals surface area contributed by atoms with E-state index in [-0.39, 0.29) is 24.2 Å². The van der Waals surface area contributed by atoms with Crippen molar-refractivity contribution in [2.24, 2.45) is 10.9 Å². The van der Waals surface area contributed by atoms with Crippen LogP contribution >= 0.6 is 0 Å². The number of aromatic nitrogens is 1. The molecular weight excluding hydrogens is 482 g/mol. The molecule has 2 atom stereocenters. The van der Waals surface area contributed by atoms with E-state index in [1.54, 1.807) is 0 Å². The van der Waals surface area contributed by atoms with Crippen molar-refractivity contribution >= 4 is 34.4 Å². The van der Waals surface area contributed by atoms with Crippen LogP contribution in [0.1, 0.15) is 36.3 Å². The Kier molecular flexibility index (Phi) is 7.83. The molecule has 1 amide bonds. The molecular formula is C29H33N5O4. The summed E-state index contributed by atoms with van der Waals surface area (Å²) >= 11 is 0. The summed E-state index contributed by atoms with van der Waals surface area (Å²) in [7, 11) is 0. The van der Waals surface area contributed by atoms with E-state index in [1.165, 1.54) is 0 Å². The number of benzene rings is 2. The van der Waals surface area contributed by atoms with Gasteiger partial charge >= 0.3 is 5.97 Å². The fourth-order valence-electron chi connectivity index (χ4n) is 5.38. The van der Waals surface area contributed by atoms with Crippen LogP contribution in [-0.2, 0) is 16.0 Å². The van der Waals surface area contributed by atoms with Crippen LogP contribution in [-0.4, -0.2) is 70.2 Å². The van der Waals surface area contributed by atoms with E-state index in [4.69, 9.17) is 0 Å². The van der Waals surface area contributed by atoms with E-state index in [0.717, 1.165) is 40.6 Å². The van der Waals surface area contributed by atoms with Crippen molar-refractivity contribution in [1.82, 2.24) is 15.2 Å². The number of amides is 1. The molecule has 2 aliphatic heterocycles. The number of anilines is 1. The van der Waals surface area contributed by atoms with Crippen LogP contribution in [0.4, 0.5) is 5.69 Å². The van der Waals surface area contributed by atoms with Crippen LogP contribution < -0.4 is 10.6 Å². The minimum Gasteiger partial charge on any atom is -0.481 e. The number of guanidine groups is 1. The number of nitrogens with zero attached hydrogens (tertiary/aromatic N) is 3. The Morgan fingerprint density at radius 1 is 1.11 bits per heavy atom. The fourth-order valence-corrected chi connectivity index (χ4v) is 5.38. The number of aliphatic hydroxyl groups excluding tert-OH is 1. The molecule has 9 heteroatoms. The van der Waals surface area contributed by atoms with Gasteiger partial charge in [0.15, 0.2) is 5.96 Å². The van der Waals surface area contributed by atoms with Gasteiger partial charge < -0.3 is 25.7 Å². The number of likely N-dealkylation sites (tertiary alicyclic amines) is 1.